The van der Waals surface area contributed by atoms with Gasteiger partial charge in [0.05, 0.1) is 4.83 Å². The predicted octanol–water partition coefficient (Wildman–Crippen LogP) is 5.53. The number of hydrogen-bond acceptors (Lipinski definition) is 1. The van der Waals surface area contributed by atoms with E-state index in [2.05, 4.69) is 61.0 Å². The minimum atomic E-state index is -0.144. The zero-order valence-electron chi connectivity index (χ0n) is 13.1. The number of carbonyl (C=O) groups excluding carboxylic acids is 1. The number of allylic oxidation sites excluding steroid dienone is 2. The van der Waals surface area contributed by atoms with Crippen LogP contribution in [0.3, 0.4) is 0 Å². The molecular formula is C20H19BrO. The number of aryl methyl sites for hydroxylation is 1. The molecular weight excluding hydrogens is 336 g/mol. The largest absolute Gasteiger partial charge is 0.289 e. The van der Waals surface area contributed by atoms with Crippen molar-refractivity contribution in [1.29, 1.82) is 0 Å². The molecule has 112 valence electrons. The summed E-state index contributed by atoms with van der Waals surface area (Å²) in [5.41, 5.74) is 4.95. The average molecular weight is 355 g/mol. The topological polar surface area (TPSA) is 17.1 Å². The Morgan fingerprint density at radius 3 is 2.36 bits per heavy atom. The number of ketones is 1. The van der Waals surface area contributed by atoms with Gasteiger partial charge in [-0.3, -0.25) is 4.79 Å². The molecule has 0 aromatic heterocycles. The van der Waals surface area contributed by atoms with Gasteiger partial charge < -0.3 is 0 Å². The van der Waals surface area contributed by atoms with Crippen molar-refractivity contribution in [2.75, 3.05) is 0 Å². The molecule has 0 radical (unpaired) electrons. The first kappa shape index (κ1) is 15.2. The van der Waals surface area contributed by atoms with E-state index in [-0.39, 0.29) is 16.0 Å². The molecule has 0 spiro atoms. The molecule has 3 rings (SSSR count). The van der Waals surface area contributed by atoms with E-state index in [9.17, 15) is 4.79 Å². The third-order valence-corrected chi connectivity index (χ3v) is 5.37. The Morgan fingerprint density at radius 2 is 1.64 bits per heavy atom. The lowest BCUT2D eigenvalue weighted by atomic mass is 9.73. The van der Waals surface area contributed by atoms with Crippen LogP contribution in [0.4, 0.5) is 0 Å². The number of alkyl halides is 1. The van der Waals surface area contributed by atoms with Crippen LogP contribution in [0.1, 0.15) is 45.7 Å². The predicted molar refractivity (Wildman–Crippen MR) is 94.7 cm³/mol. The SMILES string of the molecule is Cc1ccccc1[C@H](Br)C1=CC(C)(C)c2ccccc2C1=O. The first-order chi connectivity index (χ1) is 10.4. The van der Waals surface area contributed by atoms with Crippen LogP contribution < -0.4 is 0 Å². The van der Waals surface area contributed by atoms with Gasteiger partial charge in [0.15, 0.2) is 5.78 Å². The Balaban J connectivity index is 2.11. The Bertz CT molecular complexity index is 771. The van der Waals surface area contributed by atoms with E-state index in [0.29, 0.717) is 0 Å². The molecule has 2 aromatic rings. The lowest BCUT2D eigenvalue weighted by molar-refractivity contribution is 0.102. The zero-order valence-corrected chi connectivity index (χ0v) is 14.6. The minimum absolute atomic E-state index is 0.0752. The molecule has 0 aliphatic heterocycles. The van der Waals surface area contributed by atoms with Gasteiger partial charge in [0.25, 0.3) is 0 Å². The van der Waals surface area contributed by atoms with Gasteiger partial charge in [0, 0.05) is 16.6 Å². The molecule has 0 amide bonds. The molecule has 1 atom stereocenters. The van der Waals surface area contributed by atoms with Crippen LogP contribution >= 0.6 is 15.9 Å². The lowest BCUT2D eigenvalue weighted by Crippen LogP contribution is -2.27. The summed E-state index contributed by atoms with van der Waals surface area (Å²) in [7, 11) is 0. The van der Waals surface area contributed by atoms with Gasteiger partial charge in [-0.05, 0) is 23.6 Å². The van der Waals surface area contributed by atoms with E-state index in [0.717, 1.165) is 22.3 Å². The summed E-state index contributed by atoms with van der Waals surface area (Å²) in [5, 5.41) is 0. The Kier molecular flexibility index (Phi) is 3.82. The Morgan fingerprint density at radius 1 is 1.00 bits per heavy atom. The third-order valence-electron chi connectivity index (χ3n) is 4.38. The highest BCUT2D eigenvalue weighted by Crippen LogP contribution is 2.42. The molecule has 22 heavy (non-hydrogen) atoms. The number of benzene rings is 2. The molecule has 1 aliphatic carbocycles. The van der Waals surface area contributed by atoms with Crippen LogP contribution in [-0.2, 0) is 5.41 Å². The molecule has 2 aromatic carbocycles. The first-order valence-electron chi connectivity index (χ1n) is 7.48. The van der Waals surface area contributed by atoms with Crippen LogP contribution in [0.15, 0.2) is 60.2 Å². The number of halogens is 1. The van der Waals surface area contributed by atoms with Crippen molar-refractivity contribution in [3.05, 3.63) is 82.4 Å². The smallest absolute Gasteiger partial charge is 0.190 e. The van der Waals surface area contributed by atoms with Gasteiger partial charge in [0.1, 0.15) is 0 Å². The molecule has 0 saturated carbocycles. The van der Waals surface area contributed by atoms with E-state index in [1.807, 2.05) is 30.3 Å². The van der Waals surface area contributed by atoms with Gasteiger partial charge in [-0.2, -0.15) is 0 Å². The maximum Gasteiger partial charge on any atom is 0.190 e. The van der Waals surface area contributed by atoms with Crippen molar-refractivity contribution in [2.45, 2.75) is 31.0 Å². The highest BCUT2D eigenvalue weighted by molar-refractivity contribution is 9.09. The third kappa shape index (κ3) is 2.46. The molecule has 0 bridgehead atoms. The van der Waals surface area contributed by atoms with Crippen molar-refractivity contribution in [3.63, 3.8) is 0 Å². The number of Topliss-reactive ketones (excluding diaryl/α,β-unsaturated/α-hetero) is 1. The summed E-state index contributed by atoms with van der Waals surface area (Å²) in [4.78, 5) is 12.9. The average Bonchev–Trinajstić information content (AvgIpc) is 2.51. The first-order valence-corrected chi connectivity index (χ1v) is 8.40. The summed E-state index contributed by atoms with van der Waals surface area (Å²) in [6.45, 7) is 6.40. The quantitative estimate of drug-likeness (QED) is 0.647. The molecule has 0 fully saturated rings. The highest BCUT2D eigenvalue weighted by atomic mass is 79.9. The van der Waals surface area contributed by atoms with E-state index < -0.39 is 0 Å². The van der Waals surface area contributed by atoms with Crippen LogP contribution in [0.5, 0.6) is 0 Å². The lowest BCUT2D eigenvalue weighted by Gasteiger charge is -2.31. The van der Waals surface area contributed by atoms with E-state index in [1.54, 1.807) is 0 Å². The molecule has 0 unspecified atom stereocenters. The van der Waals surface area contributed by atoms with Crippen LogP contribution in [0.2, 0.25) is 0 Å². The summed E-state index contributed by atoms with van der Waals surface area (Å²) < 4.78 is 0. The monoisotopic (exact) mass is 354 g/mol. The van der Waals surface area contributed by atoms with Crippen molar-refractivity contribution in [2.24, 2.45) is 0 Å². The van der Waals surface area contributed by atoms with Crippen molar-refractivity contribution in [1.82, 2.24) is 0 Å². The van der Waals surface area contributed by atoms with Crippen LogP contribution in [0.25, 0.3) is 0 Å². The number of rotatable bonds is 2. The van der Waals surface area contributed by atoms with Crippen LogP contribution in [-0.4, -0.2) is 5.78 Å². The molecule has 0 heterocycles. The van der Waals surface area contributed by atoms with Crippen molar-refractivity contribution < 1.29 is 4.79 Å². The number of hydrogen-bond donors (Lipinski definition) is 0. The van der Waals surface area contributed by atoms with E-state index in [4.69, 9.17) is 0 Å². The number of carbonyl (C=O) groups is 1. The fraction of sp³-hybridized carbons (Fsp3) is 0.250. The summed E-state index contributed by atoms with van der Waals surface area (Å²) in [6, 6.07) is 16.1. The summed E-state index contributed by atoms with van der Waals surface area (Å²) in [5.74, 6) is 0.125. The van der Waals surface area contributed by atoms with Gasteiger partial charge in [-0.15, -0.1) is 0 Å². The van der Waals surface area contributed by atoms with Crippen molar-refractivity contribution >= 4 is 21.7 Å². The Hall–Kier alpha value is -1.67. The molecule has 2 heteroatoms. The summed E-state index contributed by atoms with van der Waals surface area (Å²) in [6.07, 6.45) is 2.11. The fourth-order valence-electron chi connectivity index (χ4n) is 3.16. The maximum absolute atomic E-state index is 12.9. The highest BCUT2D eigenvalue weighted by Gasteiger charge is 2.34. The standard InChI is InChI=1S/C20H19BrO/c1-13-8-4-5-9-14(13)18(21)16-12-20(2,3)17-11-7-6-10-15(17)19(16)22/h4-12,18H,1-3H3/t18-/m0/s1. The van der Waals surface area contributed by atoms with Crippen LogP contribution in [0, 0.1) is 6.92 Å². The molecule has 1 aliphatic rings. The maximum atomic E-state index is 12.9. The molecule has 0 N–H and O–H groups in total. The van der Waals surface area contributed by atoms with E-state index in [1.165, 1.54) is 5.56 Å². The second kappa shape index (κ2) is 5.51. The molecule has 0 saturated heterocycles. The van der Waals surface area contributed by atoms with Gasteiger partial charge in [-0.25, -0.2) is 0 Å². The van der Waals surface area contributed by atoms with Gasteiger partial charge in [-0.1, -0.05) is 84.4 Å². The number of fused-ring (bicyclic) bond motifs is 1. The molecule has 1 nitrogen and oxygen atoms in total. The summed E-state index contributed by atoms with van der Waals surface area (Å²) >= 11 is 3.75. The zero-order chi connectivity index (χ0) is 15.9. The van der Waals surface area contributed by atoms with Gasteiger partial charge >= 0.3 is 0 Å². The second-order valence-corrected chi connectivity index (χ2v) is 7.33. The normalized spacial score (nSPS) is 17.6. The Labute approximate surface area is 140 Å². The second-order valence-electron chi connectivity index (χ2n) is 6.42. The minimum Gasteiger partial charge on any atom is -0.289 e. The van der Waals surface area contributed by atoms with Gasteiger partial charge in [0.2, 0.25) is 0 Å². The fourth-order valence-corrected chi connectivity index (χ4v) is 4.01. The van der Waals surface area contributed by atoms with Crippen molar-refractivity contribution in [3.8, 4) is 0 Å². The van der Waals surface area contributed by atoms with E-state index >= 15 is 0 Å².